The number of nitrogens with two attached hydrogens (primary N) is 1. The fourth-order valence-corrected chi connectivity index (χ4v) is 1.92. The highest BCUT2D eigenvalue weighted by molar-refractivity contribution is 5.67. The number of nitrogens with zero attached hydrogens (tertiary/aromatic N) is 3. The van der Waals surface area contributed by atoms with Crippen LogP contribution in [0.2, 0.25) is 0 Å². The highest BCUT2D eigenvalue weighted by atomic mass is 16.5. The third-order valence-corrected chi connectivity index (χ3v) is 3.03. The molecule has 2 N–H and O–H groups in total. The molecule has 0 spiro atoms. The molecule has 2 rings (SSSR count). The standard InChI is InChI=1S/C13H22N4O/c1-4-17(7-10-5-6-10)12-11(14)13(16-8-15-12)18-9(2)3/h8-10H,4-7,14H2,1-3H3. The van der Waals surface area contributed by atoms with E-state index >= 15 is 0 Å². The quantitative estimate of drug-likeness (QED) is 0.837. The molecule has 1 saturated carbocycles. The first-order valence-electron chi connectivity index (χ1n) is 6.63. The van der Waals surface area contributed by atoms with Crippen molar-refractivity contribution in [3.8, 4) is 5.88 Å². The van der Waals surface area contributed by atoms with Crippen LogP contribution in [-0.4, -0.2) is 29.2 Å². The summed E-state index contributed by atoms with van der Waals surface area (Å²) < 4.78 is 5.60. The largest absolute Gasteiger partial charge is 0.473 e. The Kier molecular flexibility index (Phi) is 3.89. The summed E-state index contributed by atoms with van der Waals surface area (Å²) in [5.74, 6) is 2.09. The molecule has 1 fully saturated rings. The molecule has 0 unspecified atom stereocenters. The summed E-state index contributed by atoms with van der Waals surface area (Å²) in [5.41, 5.74) is 6.66. The number of hydrogen-bond acceptors (Lipinski definition) is 5. The number of nitrogen functional groups attached to an aromatic ring is 1. The first-order chi connectivity index (χ1) is 8.61. The fourth-order valence-electron chi connectivity index (χ4n) is 1.92. The van der Waals surface area contributed by atoms with E-state index in [9.17, 15) is 0 Å². The van der Waals surface area contributed by atoms with Crippen LogP contribution in [0.15, 0.2) is 6.33 Å². The van der Waals surface area contributed by atoms with Gasteiger partial charge in [0.1, 0.15) is 12.0 Å². The van der Waals surface area contributed by atoms with E-state index in [1.807, 2.05) is 13.8 Å². The van der Waals surface area contributed by atoms with Gasteiger partial charge in [-0.15, -0.1) is 0 Å². The van der Waals surface area contributed by atoms with Crippen LogP contribution in [0.5, 0.6) is 5.88 Å². The Morgan fingerprint density at radius 1 is 1.44 bits per heavy atom. The van der Waals surface area contributed by atoms with Crippen LogP contribution < -0.4 is 15.4 Å². The Bertz CT molecular complexity index is 404. The van der Waals surface area contributed by atoms with Crippen molar-refractivity contribution < 1.29 is 4.74 Å². The summed E-state index contributed by atoms with van der Waals surface area (Å²) in [4.78, 5) is 10.6. The van der Waals surface area contributed by atoms with Gasteiger partial charge in [0.2, 0.25) is 5.88 Å². The van der Waals surface area contributed by atoms with Crippen LogP contribution in [0.4, 0.5) is 11.5 Å². The van der Waals surface area contributed by atoms with Gasteiger partial charge in [-0.2, -0.15) is 4.98 Å². The monoisotopic (exact) mass is 250 g/mol. The molecule has 0 radical (unpaired) electrons. The van der Waals surface area contributed by atoms with Gasteiger partial charge in [-0.25, -0.2) is 4.98 Å². The minimum Gasteiger partial charge on any atom is -0.473 e. The molecule has 0 aromatic carbocycles. The minimum absolute atomic E-state index is 0.0635. The Morgan fingerprint density at radius 2 is 2.17 bits per heavy atom. The van der Waals surface area contributed by atoms with Gasteiger partial charge in [-0.1, -0.05) is 0 Å². The highest BCUT2D eigenvalue weighted by Crippen LogP contribution is 2.34. The number of ether oxygens (including phenoxy) is 1. The molecule has 1 aliphatic rings. The third-order valence-electron chi connectivity index (χ3n) is 3.03. The van der Waals surface area contributed by atoms with Crippen LogP contribution in [0.1, 0.15) is 33.6 Å². The molecule has 0 atom stereocenters. The average molecular weight is 250 g/mol. The smallest absolute Gasteiger partial charge is 0.242 e. The third kappa shape index (κ3) is 3.03. The predicted molar refractivity (Wildman–Crippen MR) is 72.8 cm³/mol. The first kappa shape index (κ1) is 12.9. The van der Waals surface area contributed by atoms with E-state index in [1.165, 1.54) is 19.2 Å². The van der Waals surface area contributed by atoms with Crippen molar-refractivity contribution in [3.63, 3.8) is 0 Å². The predicted octanol–water partition coefficient (Wildman–Crippen LogP) is 2.08. The van der Waals surface area contributed by atoms with E-state index in [1.54, 1.807) is 0 Å². The number of anilines is 2. The van der Waals surface area contributed by atoms with Gasteiger partial charge < -0.3 is 15.4 Å². The van der Waals surface area contributed by atoms with Crippen molar-refractivity contribution in [2.24, 2.45) is 5.92 Å². The Hall–Kier alpha value is -1.52. The molecule has 5 heteroatoms. The summed E-state index contributed by atoms with van der Waals surface area (Å²) in [6.07, 6.45) is 4.22. The molecular weight excluding hydrogens is 228 g/mol. The topological polar surface area (TPSA) is 64.3 Å². The number of aromatic nitrogens is 2. The maximum atomic E-state index is 6.11. The molecule has 0 saturated heterocycles. The van der Waals surface area contributed by atoms with Crippen LogP contribution >= 0.6 is 0 Å². The van der Waals surface area contributed by atoms with Crippen molar-refractivity contribution in [2.45, 2.75) is 39.7 Å². The zero-order valence-corrected chi connectivity index (χ0v) is 11.4. The molecule has 0 aliphatic heterocycles. The van der Waals surface area contributed by atoms with Gasteiger partial charge in [0.05, 0.1) is 6.10 Å². The SMILES string of the molecule is CCN(CC1CC1)c1ncnc(OC(C)C)c1N. The lowest BCUT2D eigenvalue weighted by Crippen LogP contribution is -2.27. The van der Waals surface area contributed by atoms with Gasteiger partial charge in [0.25, 0.3) is 0 Å². The van der Waals surface area contributed by atoms with E-state index < -0.39 is 0 Å². The van der Waals surface area contributed by atoms with Crippen LogP contribution in [0.25, 0.3) is 0 Å². The second kappa shape index (κ2) is 5.42. The molecule has 0 bridgehead atoms. The Morgan fingerprint density at radius 3 is 2.72 bits per heavy atom. The molecule has 0 amide bonds. The molecule has 1 aromatic rings. The maximum Gasteiger partial charge on any atom is 0.242 e. The molecule has 100 valence electrons. The van der Waals surface area contributed by atoms with Gasteiger partial charge >= 0.3 is 0 Å². The molecule has 1 heterocycles. The van der Waals surface area contributed by atoms with Gasteiger partial charge in [0, 0.05) is 13.1 Å². The van der Waals surface area contributed by atoms with E-state index in [4.69, 9.17) is 10.5 Å². The van der Waals surface area contributed by atoms with E-state index in [0.717, 1.165) is 24.8 Å². The van der Waals surface area contributed by atoms with Crippen molar-refractivity contribution in [3.05, 3.63) is 6.33 Å². The normalized spacial score (nSPS) is 14.9. The number of rotatable bonds is 6. The highest BCUT2D eigenvalue weighted by Gasteiger charge is 2.26. The van der Waals surface area contributed by atoms with Crippen LogP contribution in [-0.2, 0) is 0 Å². The van der Waals surface area contributed by atoms with Crippen LogP contribution in [0.3, 0.4) is 0 Å². The Labute approximate surface area is 108 Å². The summed E-state index contributed by atoms with van der Waals surface area (Å²) >= 11 is 0. The lowest BCUT2D eigenvalue weighted by Gasteiger charge is -2.24. The molecule has 5 nitrogen and oxygen atoms in total. The lowest BCUT2D eigenvalue weighted by molar-refractivity contribution is 0.234. The summed E-state index contributed by atoms with van der Waals surface area (Å²) in [6, 6.07) is 0. The molecular formula is C13H22N4O. The van der Waals surface area contributed by atoms with Gasteiger partial charge in [-0.05, 0) is 39.5 Å². The molecule has 1 aromatic heterocycles. The average Bonchev–Trinajstić information content (AvgIpc) is 3.12. The minimum atomic E-state index is 0.0635. The van der Waals surface area contributed by atoms with Crippen molar-refractivity contribution >= 4 is 11.5 Å². The zero-order chi connectivity index (χ0) is 13.1. The van der Waals surface area contributed by atoms with Gasteiger partial charge in [-0.3, -0.25) is 0 Å². The lowest BCUT2D eigenvalue weighted by atomic mass is 10.3. The maximum absolute atomic E-state index is 6.11. The van der Waals surface area contributed by atoms with E-state index in [-0.39, 0.29) is 6.10 Å². The fraction of sp³-hybridized carbons (Fsp3) is 0.692. The van der Waals surface area contributed by atoms with Gasteiger partial charge in [0.15, 0.2) is 5.82 Å². The number of hydrogen-bond donors (Lipinski definition) is 1. The summed E-state index contributed by atoms with van der Waals surface area (Å²) in [6.45, 7) is 7.97. The van der Waals surface area contributed by atoms with Crippen molar-refractivity contribution in [1.29, 1.82) is 0 Å². The van der Waals surface area contributed by atoms with E-state index in [2.05, 4.69) is 21.8 Å². The summed E-state index contributed by atoms with van der Waals surface area (Å²) in [7, 11) is 0. The second-order valence-corrected chi connectivity index (χ2v) is 5.06. The molecule has 1 aliphatic carbocycles. The van der Waals surface area contributed by atoms with Crippen molar-refractivity contribution in [2.75, 3.05) is 23.7 Å². The zero-order valence-electron chi connectivity index (χ0n) is 11.4. The first-order valence-corrected chi connectivity index (χ1v) is 6.63. The van der Waals surface area contributed by atoms with Crippen LogP contribution in [0, 0.1) is 5.92 Å². The second-order valence-electron chi connectivity index (χ2n) is 5.06. The van der Waals surface area contributed by atoms with E-state index in [0.29, 0.717) is 11.6 Å². The van der Waals surface area contributed by atoms with Crippen molar-refractivity contribution in [1.82, 2.24) is 9.97 Å². The summed E-state index contributed by atoms with van der Waals surface area (Å²) in [5, 5.41) is 0. The molecule has 18 heavy (non-hydrogen) atoms. The Balaban J connectivity index is 2.19.